The molecule has 3 aromatic heterocycles. The Hall–Kier alpha value is -6.21. The molecular formula is C51H41N3O4P2S2. The molecule has 0 aliphatic carbocycles. The van der Waals surface area contributed by atoms with Crippen LogP contribution >= 0.6 is 36.8 Å². The third-order valence-corrected chi connectivity index (χ3v) is 19.9. The number of aromatic nitrogens is 1. The Morgan fingerprint density at radius 3 is 0.952 bits per heavy atom. The van der Waals surface area contributed by atoms with Gasteiger partial charge in [-0.1, -0.05) is 182 Å². The summed E-state index contributed by atoms with van der Waals surface area (Å²) in [6, 6.07) is 63.9. The lowest BCUT2D eigenvalue weighted by atomic mass is 10.2. The average Bonchev–Trinajstić information content (AvgIpc) is 3.87. The van der Waals surface area contributed by atoms with Crippen LogP contribution in [-0.4, -0.2) is 30.1 Å². The largest absolute Gasteiger partial charge is 0.462 e. The number of rotatable bonds is 12. The van der Waals surface area contributed by atoms with Crippen LogP contribution in [0.5, 0.6) is 0 Å². The number of nitrogens with zero attached hydrogens (tertiary/aromatic N) is 3. The second kappa shape index (κ2) is 18.0. The fraction of sp³-hybridized carbons (Fsp3) is 0.0784. The number of carbonyl (C=O) groups is 2. The molecular weight excluding hydrogens is 845 g/mol. The molecule has 9 aromatic rings. The van der Waals surface area contributed by atoms with Gasteiger partial charge in [-0.25, -0.2) is 14.6 Å². The summed E-state index contributed by atoms with van der Waals surface area (Å²) in [5.41, 5.74) is 0.987. The normalized spacial score (nSPS) is 11.6. The lowest BCUT2D eigenvalue weighted by Crippen LogP contribution is -2.25. The molecule has 0 amide bonds. The average molecular weight is 886 g/mol. The van der Waals surface area contributed by atoms with Crippen molar-refractivity contribution in [1.29, 1.82) is 0 Å². The highest BCUT2D eigenvalue weighted by molar-refractivity contribution is 7.88. The van der Waals surface area contributed by atoms with E-state index < -0.39 is 26.0 Å². The zero-order valence-corrected chi connectivity index (χ0v) is 37.4. The van der Waals surface area contributed by atoms with Crippen molar-refractivity contribution < 1.29 is 19.1 Å². The standard InChI is InChI=1S/C51H41N3O4P2S2/c1-3-57-50(55)46-44(53-59(36-23-11-5-12-24-36,37-25-13-6-14-26-37)38-27-15-7-16-28-38)42-35-43-45(47(51(56)58-4-2)62-49(43)52-48(42)61-46)54-60(39-29-17-8-18-30-39,40-31-19-9-20-32-40)41-33-21-10-22-34-41/h5-35H,3-4H2,1-2H3. The van der Waals surface area contributed by atoms with Crippen LogP contribution in [0.1, 0.15) is 33.2 Å². The number of hydrogen-bond donors (Lipinski definition) is 0. The number of esters is 2. The van der Waals surface area contributed by atoms with Crippen molar-refractivity contribution in [3.63, 3.8) is 0 Å². The SMILES string of the molecule is CCOC(=O)c1sc2nc3sc(C(=O)OCC)c(N=P(c4ccccc4)(c4ccccc4)c4ccccc4)c3cc2c1N=P(c1ccccc1)(c1ccccc1)c1ccccc1. The van der Waals surface area contributed by atoms with Gasteiger partial charge in [0.05, 0.1) is 38.7 Å². The summed E-state index contributed by atoms with van der Waals surface area (Å²) >= 11 is 2.51. The highest BCUT2D eigenvalue weighted by Crippen LogP contribution is 2.56. The second-order valence-corrected chi connectivity index (χ2v) is 22.2. The first-order chi connectivity index (χ1) is 30.5. The Kier molecular flexibility index (Phi) is 12.0. The molecule has 0 atom stereocenters. The number of fused-ring (bicyclic) bond motifs is 2. The fourth-order valence-electron chi connectivity index (χ4n) is 7.78. The molecule has 6 aromatic carbocycles. The van der Waals surface area contributed by atoms with E-state index in [0.717, 1.165) is 31.8 Å². The lowest BCUT2D eigenvalue weighted by Gasteiger charge is -2.27. The number of hydrogen-bond acceptors (Lipinski definition) is 9. The Bertz CT molecular complexity index is 2730. The van der Waals surface area contributed by atoms with Crippen LogP contribution in [-0.2, 0) is 9.47 Å². The molecule has 0 saturated heterocycles. The molecule has 11 heteroatoms. The summed E-state index contributed by atoms with van der Waals surface area (Å²) < 4.78 is 23.3. The summed E-state index contributed by atoms with van der Waals surface area (Å²) in [6.07, 6.45) is 0. The van der Waals surface area contributed by atoms with Gasteiger partial charge in [-0.3, -0.25) is 9.49 Å². The van der Waals surface area contributed by atoms with E-state index >= 15 is 0 Å². The first-order valence-corrected chi connectivity index (χ1v) is 25.4. The maximum Gasteiger partial charge on any atom is 0.350 e. The van der Waals surface area contributed by atoms with Gasteiger partial charge >= 0.3 is 11.9 Å². The van der Waals surface area contributed by atoms with Crippen molar-refractivity contribution in [1.82, 2.24) is 4.98 Å². The zero-order valence-electron chi connectivity index (χ0n) is 34.0. The predicted molar refractivity (Wildman–Crippen MR) is 261 cm³/mol. The van der Waals surface area contributed by atoms with Crippen LogP contribution < -0.4 is 31.8 Å². The molecule has 3 heterocycles. The topological polar surface area (TPSA) is 90.2 Å². The van der Waals surface area contributed by atoms with Gasteiger partial charge in [-0.2, -0.15) is 0 Å². The minimum absolute atomic E-state index is 0.196. The van der Waals surface area contributed by atoms with Gasteiger partial charge < -0.3 is 9.47 Å². The van der Waals surface area contributed by atoms with Crippen LogP contribution in [0, 0.1) is 0 Å². The number of carbonyl (C=O) groups excluding carboxylic acids is 2. The third kappa shape index (κ3) is 7.46. The smallest absolute Gasteiger partial charge is 0.350 e. The Morgan fingerprint density at radius 1 is 0.452 bits per heavy atom. The molecule has 0 saturated carbocycles. The van der Waals surface area contributed by atoms with Crippen LogP contribution in [0.4, 0.5) is 11.4 Å². The predicted octanol–water partition coefficient (Wildman–Crippen LogP) is 11.5. The number of pyridine rings is 1. The van der Waals surface area contributed by atoms with Crippen LogP contribution in [0.15, 0.2) is 198 Å². The zero-order chi connectivity index (χ0) is 42.5. The van der Waals surface area contributed by atoms with E-state index in [4.69, 9.17) is 23.9 Å². The van der Waals surface area contributed by atoms with Crippen molar-refractivity contribution in [2.24, 2.45) is 9.49 Å². The van der Waals surface area contributed by atoms with E-state index in [1.807, 2.05) is 115 Å². The second-order valence-electron chi connectivity index (χ2n) is 14.2. The van der Waals surface area contributed by atoms with Crippen molar-refractivity contribution in [2.45, 2.75) is 13.8 Å². The van der Waals surface area contributed by atoms with Gasteiger partial charge in [0.15, 0.2) is 0 Å². The molecule has 9 rings (SSSR count). The molecule has 0 unspecified atom stereocenters. The van der Waals surface area contributed by atoms with Gasteiger partial charge in [-0.15, -0.1) is 22.7 Å². The molecule has 62 heavy (non-hydrogen) atoms. The quantitative estimate of drug-likeness (QED) is 0.0900. The first-order valence-electron chi connectivity index (χ1n) is 20.3. The lowest BCUT2D eigenvalue weighted by molar-refractivity contribution is 0.0523. The van der Waals surface area contributed by atoms with Gasteiger partial charge in [0, 0.05) is 42.6 Å². The molecule has 0 N–H and O–H groups in total. The molecule has 0 bridgehead atoms. The van der Waals surface area contributed by atoms with E-state index in [1.165, 1.54) is 22.7 Å². The number of thiophene rings is 2. The van der Waals surface area contributed by atoms with E-state index in [1.54, 1.807) is 13.8 Å². The van der Waals surface area contributed by atoms with Gasteiger partial charge in [0.25, 0.3) is 0 Å². The van der Waals surface area contributed by atoms with Crippen LogP contribution in [0.2, 0.25) is 0 Å². The van der Waals surface area contributed by atoms with Gasteiger partial charge in [0.1, 0.15) is 19.4 Å². The first kappa shape index (κ1) is 41.2. The Balaban J connectivity index is 1.46. The molecule has 306 valence electrons. The van der Waals surface area contributed by atoms with E-state index in [0.29, 0.717) is 41.6 Å². The van der Waals surface area contributed by atoms with Crippen molar-refractivity contribution in [2.75, 3.05) is 13.2 Å². The molecule has 0 aliphatic heterocycles. The molecule has 0 fully saturated rings. The summed E-state index contributed by atoms with van der Waals surface area (Å²) in [5.74, 6) is -0.937. The molecule has 0 aliphatic rings. The summed E-state index contributed by atoms with van der Waals surface area (Å²) in [5, 5.41) is 7.51. The summed E-state index contributed by atoms with van der Waals surface area (Å²) in [6.45, 7) is 4.00. The maximum atomic E-state index is 14.1. The van der Waals surface area contributed by atoms with Crippen LogP contribution in [0.3, 0.4) is 0 Å². The fourth-order valence-corrected chi connectivity index (χ4v) is 17.1. The van der Waals surface area contributed by atoms with E-state index in [9.17, 15) is 9.59 Å². The van der Waals surface area contributed by atoms with Gasteiger partial charge in [0.2, 0.25) is 0 Å². The molecule has 7 nitrogen and oxygen atoms in total. The number of benzene rings is 6. The Morgan fingerprint density at radius 2 is 0.710 bits per heavy atom. The van der Waals surface area contributed by atoms with Crippen molar-refractivity contribution in [3.05, 3.63) is 198 Å². The Labute approximate surface area is 368 Å². The number of ether oxygens (including phenoxy) is 2. The minimum atomic E-state index is -2.87. The summed E-state index contributed by atoms with van der Waals surface area (Å²) in [4.78, 5) is 35.5. The van der Waals surface area contributed by atoms with E-state index in [-0.39, 0.29) is 13.2 Å². The molecule has 0 radical (unpaired) electrons. The maximum absolute atomic E-state index is 14.1. The minimum Gasteiger partial charge on any atom is -0.462 e. The molecule has 0 spiro atoms. The van der Waals surface area contributed by atoms with E-state index in [2.05, 4.69) is 72.8 Å². The van der Waals surface area contributed by atoms with Gasteiger partial charge in [-0.05, 0) is 19.9 Å². The highest BCUT2D eigenvalue weighted by Gasteiger charge is 2.33. The summed E-state index contributed by atoms with van der Waals surface area (Å²) in [7, 11) is -5.74. The van der Waals surface area contributed by atoms with Crippen LogP contribution in [0.25, 0.3) is 20.4 Å². The highest BCUT2D eigenvalue weighted by atomic mass is 32.1. The third-order valence-electron chi connectivity index (χ3n) is 10.5. The van der Waals surface area contributed by atoms with Crippen molar-refractivity contribution >= 4 is 112 Å². The van der Waals surface area contributed by atoms with Crippen molar-refractivity contribution in [3.8, 4) is 0 Å². The monoisotopic (exact) mass is 885 g/mol.